The number of halogens is 1. The fraction of sp³-hybridized carbons (Fsp3) is 0.316. The van der Waals surface area contributed by atoms with Crippen molar-refractivity contribution >= 4 is 33.2 Å². The number of amides is 1. The van der Waals surface area contributed by atoms with E-state index in [-0.39, 0.29) is 5.91 Å². The van der Waals surface area contributed by atoms with Gasteiger partial charge in [-0.2, -0.15) is 0 Å². The summed E-state index contributed by atoms with van der Waals surface area (Å²) in [6.45, 7) is 4.99. The number of hydrogen-bond donors (Lipinski definition) is 1. The summed E-state index contributed by atoms with van der Waals surface area (Å²) in [6.07, 6.45) is 1.54. The van der Waals surface area contributed by atoms with Gasteiger partial charge in [0, 0.05) is 29.2 Å². The van der Waals surface area contributed by atoms with E-state index in [4.69, 9.17) is 0 Å². The van der Waals surface area contributed by atoms with Crippen LogP contribution in [0.4, 0.5) is 11.4 Å². The van der Waals surface area contributed by atoms with Crippen LogP contribution >= 0.6 is 15.9 Å². The molecule has 2 aromatic carbocycles. The number of fused-ring (bicyclic) bond motifs is 1. The molecule has 0 aromatic heterocycles. The predicted octanol–water partition coefficient (Wildman–Crippen LogP) is 4.54. The lowest BCUT2D eigenvalue weighted by atomic mass is 10.1. The second-order valence-corrected chi connectivity index (χ2v) is 7.01. The molecule has 3 nitrogen and oxygen atoms in total. The lowest BCUT2D eigenvalue weighted by Crippen LogP contribution is -2.32. The summed E-state index contributed by atoms with van der Waals surface area (Å²) >= 11 is 3.50. The van der Waals surface area contributed by atoms with E-state index in [9.17, 15) is 4.79 Å². The molecule has 0 fully saturated rings. The zero-order chi connectivity index (χ0) is 16.4. The van der Waals surface area contributed by atoms with E-state index in [0.29, 0.717) is 12.5 Å². The number of para-hydroxylation sites is 1. The van der Waals surface area contributed by atoms with Crippen molar-refractivity contribution < 1.29 is 4.79 Å². The fourth-order valence-electron chi connectivity index (χ4n) is 3.13. The molecule has 3 rings (SSSR count). The van der Waals surface area contributed by atoms with Crippen LogP contribution in [0.5, 0.6) is 0 Å². The van der Waals surface area contributed by atoms with Gasteiger partial charge < -0.3 is 10.2 Å². The first-order valence-electron chi connectivity index (χ1n) is 7.95. The molecule has 120 valence electrons. The summed E-state index contributed by atoms with van der Waals surface area (Å²) in [4.78, 5) is 14.6. The van der Waals surface area contributed by atoms with Gasteiger partial charge in [0.15, 0.2) is 0 Å². The monoisotopic (exact) mass is 372 g/mol. The van der Waals surface area contributed by atoms with Gasteiger partial charge in [-0.15, -0.1) is 0 Å². The van der Waals surface area contributed by atoms with Crippen LogP contribution in [0.2, 0.25) is 0 Å². The van der Waals surface area contributed by atoms with Gasteiger partial charge >= 0.3 is 0 Å². The van der Waals surface area contributed by atoms with Crippen molar-refractivity contribution in [3.8, 4) is 0 Å². The lowest BCUT2D eigenvalue weighted by Gasteiger charge is -2.24. The Hall–Kier alpha value is -1.81. The molecule has 0 saturated heterocycles. The third-order valence-corrected chi connectivity index (χ3v) is 4.98. The summed E-state index contributed by atoms with van der Waals surface area (Å²) in [5, 5.41) is 2.99. The average molecular weight is 373 g/mol. The molecule has 1 aliphatic heterocycles. The van der Waals surface area contributed by atoms with Crippen LogP contribution < -0.4 is 10.2 Å². The lowest BCUT2D eigenvalue weighted by molar-refractivity contribution is -0.116. The molecule has 4 heteroatoms. The number of benzene rings is 2. The highest BCUT2D eigenvalue weighted by molar-refractivity contribution is 9.10. The molecule has 0 radical (unpaired) electrons. The van der Waals surface area contributed by atoms with Crippen molar-refractivity contribution in [2.75, 3.05) is 16.8 Å². The Bertz CT molecular complexity index is 729. The Morgan fingerprint density at radius 1 is 1.30 bits per heavy atom. The quantitative estimate of drug-likeness (QED) is 0.854. The molecule has 1 heterocycles. The standard InChI is InChI=1S/C19H21BrN2O/c1-13-7-8-17(16(20)11-13)21-19(23)9-10-22-14(2)12-15-5-3-4-6-18(15)22/h3-8,11,14H,9-10,12H2,1-2H3,(H,21,23). The molecule has 23 heavy (non-hydrogen) atoms. The van der Waals surface area contributed by atoms with Crippen molar-refractivity contribution in [1.82, 2.24) is 0 Å². The Labute approximate surface area is 145 Å². The number of nitrogens with zero attached hydrogens (tertiary/aromatic N) is 1. The van der Waals surface area contributed by atoms with Crippen molar-refractivity contribution in [1.29, 1.82) is 0 Å². The van der Waals surface area contributed by atoms with Gasteiger partial charge in [-0.1, -0.05) is 24.3 Å². The van der Waals surface area contributed by atoms with Gasteiger partial charge in [0.25, 0.3) is 0 Å². The first kappa shape index (κ1) is 16.1. The summed E-state index contributed by atoms with van der Waals surface area (Å²) in [5.74, 6) is 0.0473. The molecule has 0 bridgehead atoms. The van der Waals surface area contributed by atoms with Crippen molar-refractivity contribution in [2.45, 2.75) is 32.7 Å². The van der Waals surface area contributed by atoms with Gasteiger partial charge in [-0.05, 0) is 65.5 Å². The summed E-state index contributed by atoms with van der Waals surface area (Å²) in [6, 6.07) is 14.9. The van der Waals surface area contributed by atoms with E-state index in [1.807, 2.05) is 25.1 Å². The molecule has 1 atom stereocenters. The maximum absolute atomic E-state index is 12.3. The normalized spacial score (nSPS) is 16.3. The number of nitrogens with one attached hydrogen (secondary N) is 1. The number of hydrogen-bond acceptors (Lipinski definition) is 2. The largest absolute Gasteiger partial charge is 0.368 e. The smallest absolute Gasteiger partial charge is 0.226 e. The molecule has 0 spiro atoms. The van der Waals surface area contributed by atoms with Crippen LogP contribution in [-0.2, 0) is 11.2 Å². The molecule has 2 aromatic rings. The van der Waals surface area contributed by atoms with E-state index in [1.54, 1.807) is 0 Å². The highest BCUT2D eigenvalue weighted by Crippen LogP contribution is 2.31. The van der Waals surface area contributed by atoms with E-state index < -0.39 is 0 Å². The number of aryl methyl sites for hydroxylation is 1. The first-order valence-corrected chi connectivity index (χ1v) is 8.74. The molecule has 1 unspecified atom stereocenters. The fourth-order valence-corrected chi connectivity index (χ4v) is 3.72. The van der Waals surface area contributed by atoms with Crippen molar-refractivity contribution in [2.24, 2.45) is 0 Å². The number of rotatable bonds is 4. The van der Waals surface area contributed by atoms with Crippen molar-refractivity contribution in [3.63, 3.8) is 0 Å². The summed E-state index contributed by atoms with van der Waals surface area (Å²) in [7, 11) is 0. The molecule has 1 N–H and O–H groups in total. The number of carbonyl (C=O) groups excluding carboxylic acids is 1. The van der Waals surface area contributed by atoms with Crippen LogP contribution in [0.3, 0.4) is 0 Å². The van der Waals surface area contributed by atoms with Crippen molar-refractivity contribution in [3.05, 3.63) is 58.1 Å². The topological polar surface area (TPSA) is 32.3 Å². The Kier molecular flexibility index (Phi) is 4.71. The molecule has 1 amide bonds. The molecular formula is C19H21BrN2O. The van der Waals surface area contributed by atoms with Gasteiger partial charge in [-0.25, -0.2) is 0 Å². The van der Waals surface area contributed by atoms with E-state index >= 15 is 0 Å². The highest BCUT2D eigenvalue weighted by Gasteiger charge is 2.25. The van der Waals surface area contributed by atoms with E-state index in [2.05, 4.69) is 57.3 Å². The number of carbonyl (C=O) groups is 1. The molecule has 0 aliphatic carbocycles. The molecular weight excluding hydrogens is 352 g/mol. The SMILES string of the molecule is Cc1ccc(NC(=O)CCN2c3ccccc3CC2C)c(Br)c1. The molecule has 0 saturated carbocycles. The van der Waals surface area contributed by atoms with Crippen LogP contribution in [-0.4, -0.2) is 18.5 Å². The summed E-state index contributed by atoms with van der Waals surface area (Å²) in [5.41, 5.74) is 4.64. The maximum atomic E-state index is 12.3. The third kappa shape index (κ3) is 3.58. The minimum Gasteiger partial charge on any atom is -0.368 e. The van der Waals surface area contributed by atoms with Crippen LogP contribution in [0.1, 0.15) is 24.5 Å². The van der Waals surface area contributed by atoms with E-state index in [0.717, 1.165) is 28.7 Å². The highest BCUT2D eigenvalue weighted by atomic mass is 79.9. The Morgan fingerprint density at radius 2 is 2.09 bits per heavy atom. The summed E-state index contributed by atoms with van der Waals surface area (Å²) < 4.78 is 0.922. The van der Waals surface area contributed by atoms with Crippen LogP contribution in [0.25, 0.3) is 0 Å². The number of anilines is 2. The molecule has 1 aliphatic rings. The maximum Gasteiger partial charge on any atom is 0.226 e. The van der Waals surface area contributed by atoms with Gasteiger partial charge in [0.05, 0.1) is 5.69 Å². The third-order valence-electron chi connectivity index (χ3n) is 4.33. The van der Waals surface area contributed by atoms with E-state index in [1.165, 1.54) is 11.3 Å². The predicted molar refractivity (Wildman–Crippen MR) is 99.1 cm³/mol. The van der Waals surface area contributed by atoms with Gasteiger partial charge in [-0.3, -0.25) is 4.79 Å². The second-order valence-electron chi connectivity index (χ2n) is 6.16. The van der Waals surface area contributed by atoms with Crippen LogP contribution in [0.15, 0.2) is 46.9 Å². The zero-order valence-electron chi connectivity index (χ0n) is 13.5. The minimum atomic E-state index is 0.0473. The Morgan fingerprint density at radius 3 is 2.87 bits per heavy atom. The Balaban J connectivity index is 1.61. The van der Waals surface area contributed by atoms with Crippen LogP contribution in [0, 0.1) is 6.92 Å². The zero-order valence-corrected chi connectivity index (χ0v) is 15.1. The minimum absolute atomic E-state index is 0.0473. The second kappa shape index (κ2) is 6.75. The average Bonchev–Trinajstić information content (AvgIpc) is 2.83. The van der Waals surface area contributed by atoms with Gasteiger partial charge in [0.1, 0.15) is 0 Å². The van der Waals surface area contributed by atoms with Gasteiger partial charge in [0.2, 0.25) is 5.91 Å². The first-order chi connectivity index (χ1) is 11.0.